The van der Waals surface area contributed by atoms with Crippen molar-refractivity contribution in [3.8, 4) is 0 Å². The van der Waals surface area contributed by atoms with Gasteiger partial charge in [-0.3, -0.25) is 0 Å². The average molecular weight is 316 g/mol. The standard InChI is InChI=1S/C14H24N2O2S2/c1-3-12-7-5-4-6-8-16(12)20(17,18)14-9-13(10-15)19-11(14)2/h9,12H,3-8,10,15H2,1-2H3. The summed E-state index contributed by atoms with van der Waals surface area (Å²) in [6.07, 6.45) is 5.07. The predicted octanol–water partition coefficient (Wildman–Crippen LogP) is 2.86. The van der Waals surface area contributed by atoms with Crippen molar-refractivity contribution in [2.75, 3.05) is 6.54 Å². The van der Waals surface area contributed by atoms with Gasteiger partial charge in [0.15, 0.2) is 0 Å². The molecule has 114 valence electrons. The van der Waals surface area contributed by atoms with E-state index in [1.54, 1.807) is 10.4 Å². The molecule has 1 saturated heterocycles. The molecule has 0 radical (unpaired) electrons. The predicted molar refractivity (Wildman–Crippen MR) is 83.4 cm³/mol. The summed E-state index contributed by atoms with van der Waals surface area (Å²) in [4.78, 5) is 2.25. The Morgan fingerprint density at radius 3 is 2.75 bits per heavy atom. The molecular weight excluding hydrogens is 292 g/mol. The summed E-state index contributed by atoms with van der Waals surface area (Å²) in [7, 11) is -3.38. The third-order valence-corrected chi connectivity index (χ3v) is 7.29. The van der Waals surface area contributed by atoms with Gasteiger partial charge in [0, 0.05) is 28.9 Å². The van der Waals surface area contributed by atoms with Gasteiger partial charge in [-0.1, -0.05) is 19.8 Å². The molecule has 0 saturated carbocycles. The fourth-order valence-electron chi connectivity index (χ4n) is 2.88. The fourth-order valence-corrected chi connectivity index (χ4v) is 6.13. The van der Waals surface area contributed by atoms with Gasteiger partial charge in [-0.05, 0) is 32.3 Å². The van der Waals surface area contributed by atoms with E-state index < -0.39 is 10.0 Å². The number of aryl methyl sites for hydroxylation is 1. The summed E-state index contributed by atoms with van der Waals surface area (Å²) >= 11 is 1.49. The number of nitrogens with zero attached hydrogens (tertiary/aromatic N) is 1. The zero-order chi connectivity index (χ0) is 14.8. The lowest BCUT2D eigenvalue weighted by atomic mass is 10.1. The number of hydrogen-bond acceptors (Lipinski definition) is 4. The molecule has 0 aromatic carbocycles. The van der Waals surface area contributed by atoms with Gasteiger partial charge in [-0.25, -0.2) is 8.42 Å². The topological polar surface area (TPSA) is 63.4 Å². The minimum absolute atomic E-state index is 0.142. The minimum atomic E-state index is -3.38. The van der Waals surface area contributed by atoms with Crippen molar-refractivity contribution in [2.24, 2.45) is 5.73 Å². The van der Waals surface area contributed by atoms with Crippen LogP contribution < -0.4 is 5.73 Å². The van der Waals surface area contributed by atoms with E-state index in [1.165, 1.54) is 11.3 Å². The highest BCUT2D eigenvalue weighted by Crippen LogP contribution is 2.31. The van der Waals surface area contributed by atoms with Gasteiger partial charge in [-0.2, -0.15) is 4.31 Å². The van der Waals surface area contributed by atoms with E-state index in [2.05, 4.69) is 6.92 Å². The Morgan fingerprint density at radius 1 is 1.40 bits per heavy atom. The maximum atomic E-state index is 13.0. The van der Waals surface area contributed by atoms with Crippen LogP contribution in [0.25, 0.3) is 0 Å². The number of hydrogen-bond donors (Lipinski definition) is 1. The summed E-state index contributed by atoms with van der Waals surface area (Å²) in [5, 5.41) is 0. The molecule has 1 aromatic rings. The summed E-state index contributed by atoms with van der Waals surface area (Å²) in [6.45, 7) is 4.99. The third kappa shape index (κ3) is 3.08. The van der Waals surface area contributed by atoms with Crippen molar-refractivity contribution in [1.82, 2.24) is 4.31 Å². The molecule has 0 bridgehead atoms. The maximum absolute atomic E-state index is 13.0. The molecule has 0 amide bonds. The monoisotopic (exact) mass is 316 g/mol. The average Bonchev–Trinajstić information content (AvgIpc) is 2.66. The number of sulfonamides is 1. The van der Waals surface area contributed by atoms with Crippen LogP contribution in [0.5, 0.6) is 0 Å². The van der Waals surface area contributed by atoms with Crippen molar-refractivity contribution in [2.45, 2.75) is 63.4 Å². The Balaban J connectivity index is 2.38. The van der Waals surface area contributed by atoms with Gasteiger partial charge >= 0.3 is 0 Å². The first kappa shape index (κ1) is 15.9. The van der Waals surface area contributed by atoms with Gasteiger partial charge in [0.05, 0.1) is 4.90 Å². The zero-order valence-electron chi connectivity index (χ0n) is 12.3. The van der Waals surface area contributed by atoms with Crippen molar-refractivity contribution < 1.29 is 8.42 Å². The maximum Gasteiger partial charge on any atom is 0.244 e. The van der Waals surface area contributed by atoms with E-state index in [9.17, 15) is 8.42 Å². The molecule has 1 aliphatic rings. The Labute approximate surface area is 126 Å². The molecule has 6 heteroatoms. The van der Waals surface area contributed by atoms with Crippen LogP contribution in [-0.2, 0) is 16.6 Å². The van der Waals surface area contributed by atoms with Crippen LogP contribution in [-0.4, -0.2) is 25.3 Å². The lowest BCUT2D eigenvalue weighted by Gasteiger charge is -2.28. The first-order chi connectivity index (χ1) is 9.50. The number of nitrogens with two attached hydrogens (primary N) is 1. The van der Waals surface area contributed by atoms with Gasteiger partial charge < -0.3 is 5.73 Å². The lowest BCUT2D eigenvalue weighted by molar-refractivity contribution is 0.315. The third-order valence-electron chi connectivity index (χ3n) is 4.01. The van der Waals surface area contributed by atoms with E-state index >= 15 is 0 Å². The zero-order valence-corrected chi connectivity index (χ0v) is 13.9. The molecule has 0 spiro atoms. The molecule has 0 aliphatic carbocycles. The molecule has 1 aliphatic heterocycles. The van der Waals surface area contributed by atoms with Crippen LogP contribution in [0.1, 0.15) is 48.8 Å². The van der Waals surface area contributed by atoms with Crippen LogP contribution >= 0.6 is 11.3 Å². The number of rotatable bonds is 4. The van der Waals surface area contributed by atoms with E-state index in [0.717, 1.165) is 41.9 Å². The van der Waals surface area contributed by atoms with Gasteiger partial charge in [0.25, 0.3) is 0 Å². The highest BCUT2D eigenvalue weighted by molar-refractivity contribution is 7.89. The summed E-state index contributed by atoms with van der Waals surface area (Å²) in [5.41, 5.74) is 5.63. The van der Waals surface area contributed by atoms with Gasteiger partial charge in [0.1, 0.15) is 0 Å². The normalized spacial score (nSPS) is 21.9. The van der Waals surface area contributed by atoms with E-state index in [4.69, 9.17) is 5.73 Å². The Kier molecular flexibility index (Phi) is 5.23. The van der Waals surface area contributed by atoms with E-state index in [0.29, 0.717) is 18.0 Å². The van der Waals surface area contributed by atoms with Crippen LogP contribution in [0.4, 0.5) is 0 Å². The second-order valence-corrected chi connectivity index (χ2v) is 8.56. The van der Waals surface area contributed by atoms with Crippen molar-refractivity contribution in [3.63, 3.8) is 0 Å². The highest BCUT2D eigenvalue weighted by Gasteiger charge is 2.33. The van der Waals surface area contributed by atoms with Gasteiger partial charge in [0.2, 0.25) is 10.0 Å². The quantitative estimate of drug-likeness (QED) is 0.929. The van der Waals surface area contributed by atoms with Gasteiger partial charge in [-0.15, -0.1) is 11.3 Å². The second-order valence-electron chi connectivity index (χ2n) is 5.36. The summed E-state index contributed by atoms with van der Waals surface area (Å²) in [5.74, 6) is 0. The Hall–Kier alpha value is -0.430. The first-order valence-electron chi connectivity index (χ1n) is 7.32. The van der Waals surface area contributed by atoms with Crippen molar-refractivity contribution >= 4 is 21.4 Å². The second kappa shape index (κ2) is 6.56. The molecule has 20 heavy (non-hydrogen) atoms. The summed E-state index contributed by atoms with van der Waals surface area (Å²) < 4.78 is 27.6. The van der Waals surface area contributed by atoms with Crippen LogP contribution in [0, 0.1) is 6.92 Å². The van der Waals surface area contributed by atoms with Crippen LogP contribution in [0.3, 0.4) is 0 Å². The number of thiophene rings is 1. The molecule has 1 unspecified atom stereocenters. The SMILES string of the molecule is CCC1CCCCCN1S(=O)(=O)c1cc(CN)sc1C. The largest absolute Gasteiger partial charge is 0.326 e. The van der Waals surface area contributed by atoms with Crippen molar-refractivity contribution in [1.29, 1.82) is 0 Å². The summed E-state index contributed by atoms with van der Waals surface area (Å²) in [6, 6.07) is 1.90. The first-order valence-corrected chi connectivity index (χ1v) is 9.57. The smallest absolute Gasteiger partial charge is 0.244 e. The Bertz CT molecular complexity index is 552. The molecular formula is C14H24N2O2S2. The van der Waals surface area contributed by atoms with Crippen LogP contribution in [0.2, 0.25) is 0 Å². The molecule has 2 N–H and O–H groups in total. The van der Waals surface area contributed by atoms with Crippen LogP contribution in [0.15, 0.2) is 11.0 Å². The molecule has 1 fully saturated rings. The Morgan fingerprint density at radius 2 is 2.15 bits per heavy atom. The highest BCUT2D eigenvalue weighted by atomic mass is 32.2. The fraction of sp³-hybridized carbons (Fsp3) is 0.714. The molecule has 1 atom stereocenters. The molecule has 1 aromatic heterocycles. The molecule has 2 rings (SSSR count). The minimum Gasteiger partial charge on any atom is -0.326 e. The van der Waals surface area contributed by atoms with E-state index in [1.807, 2.05) is 6.92 Å². The molecule has 4 nitrogen and oxygen atoms in total. The lowest BCUT2D eigenvalue weighted by Crippen LogP contribution is -2.39. The molecule has 2 heterocycles. The van der Waals surface area contributed by atoms with E-state index in [-0.39, 0.29) is 6.04 Å². The van der Waals surface area contributed by atoms with Crippen molar-refractivity contribution in [3.05, 3.63) is 15.8 Å².